The number of unbranched alkanes of at least 4 members (excludes halogenated alkanes) is 1. The number of hydrogen-bond donors (Lipinski definition) is 1. The third-order valence-electron chi connectivity index (χ3n) is 3.99. The van der Waals surface area contributed by atoms with Crippen molar-refractivity contribution in [2.24, 2.45) is 0 Å². The van der Waals surface area contributed by atoms with Gasteiger partial charge < -0.3 is 4.74 Å². The highest BCUT2D eigenvalue weighted by Gasteiger charge is 2.30. The van der Waals surface area contributed by atoms with E-state index in [9.17, 15) is 5.26 Å². The lowest BCUT2D eigenvalue weighted by atomic mass is 9.95. The van der Waals surface area contributed by atoms with E-state index in [-0.39, 0.29) is 11.1 Å². The Morgan fingerprint density at radius 3 is 2.74 bits per heavy atom. The summed E-state index contributed by atoms with van der Waals surface area (Å²) in [5.41, 5.74) is -0.215. The maximum Gasteiger partial charge on any atom is 0.103 e. The Morgan fingerprint density at radius 1 is 1.42 bits per heavy atom. The molecule has 1 fully saturated rings. The van der Waals surface area contributed by atoms with E-state index >= 15 is 0 Å². The minimum atomic E-state index is -0.366. The Morgan fingerprint density at radius 2 is 2.16 bits per heavy atom. The molecular weight excluding hydrogens is 238 g/mol. The molecule has 4 nitrogen and oxygen atoms in total. The van der Waals surface area contributed by atoms with Crippen molar-refractivity contribution in [3.05, 3.63) is 0 Å². The number of morpholine rings is 1. The van der Waals surface area contributed by atoms with Crippen LogP contribution in [-0.2, 0) is 4.74 Å². The van der Waals surface area contributed by atoms with Crippen LogP contribution in [0.3, 0.4) is 0 Å². The number of nitrogens with zero attached hydrogens (tertiary/aromatic N) is 2. The molecule has 4 heteroatoms. The topological polar surface area (TPSA) is 48.3 Å². The lowest BCUT2D eigenvalue weighted by molar-refractivity contribution is -0.0514. The molecule has 0 bridgehead atoms. The van der Waals surface area contributed by atoms with E-state index in [1.165, 1.54) is 0 Å². The monoisotopic (exact) mass is 267 g/mol. The van der Waals surface area contributed by atoms with Crippen molar-refractivity contribution in [2.75, 3.05) is 32.8 Å². The summed E-state index contributed by atoms with van der Waals surface area (Å²) < 4.78 is 5.53. The van der Waals surface area contributed by atoms with Gasteiger partial charge in [-0.25, -0.2) is 0 Å². The van der Waals surface area contributed by atoms with Crippen molar-refractivity contribution in [1.82, 2.24) is 10.2 Å². The Balaban J connectivity index is 2.28. The summed E-state index contributed by atoms with van der Waals surface area (Å²) in [4.78, 5) is 2.51. The second kappa shape index (κ2) is 7.23. The van der Waals surface area contributed by atoms with Gasteiger partial charge in [0.1, 0.15) is 5.54 Å². The third-order valence-corrected chi connectivity index (χ3v) is 3.99. The molecule has 1 aliphatic rings. The van der Waals surface area contributed by atoms with Crippen LogP contribution in [0.4, 0.5) is 0 Å². The SMILES string of the molecule is CCNC(C)(C#N)CCCCN1CCOCC1(C)C. The quantitative estimate of drug-likeness (QED) is 0.718. The summed E-state index contributed by atoms with van der Waals surface area (Å²) in [6, 6.07) is 2.39. The average molecular weight is 267 g/mol. The largest absolute Gasteiger partial charge is 0.378 e. The van der Waals surface area contributed by atoms with E-state index in [1.807, 2.05) is 13.8 Å². The van der Waals surface area contributed by atoms with Crippen LogP contribution in [0.5, 0.6) is 0 Å². The van der Waals surface area contributed by atoms with E-state index in [4.69, 9.17) is 4.74 Å². The van der Waals surface area contributed by atoms with Gasteiger partial charge in [-0.15, -0.1) is 0 Å². The Kier molecular flexibility index (Phi) is 6.25. The molecule has 0 aromatic carbocycles. The normalized spacial score (nSPS) is 22.7. The molecule has 0 radical (unpaired) electrons. The fourth-order valence-corrected chi connectivity index (χ4v) is 2.66. The molecule has 0 saturated carbocycles. The minimum absolute atomic E-state index is 0.151. The Hall–Kier alpha value is -0.630. The second-order valence-corrected chi connectivity index (χ2v) is 6.28. The molecule has 110 valence electrons. The van der Waals surface area contributed by atoms with Gasteiger partial charge in [-0.1, -0.05) is 6.92 Å². The van der Waals surface area contributed by atoms with Gasteiger partial charge in [0.2, 0.25) is 0 Å². The first-order valence-corrected chi connectivity index (χ1v) is 7.42. The highest BCUT2D eigenvalue weighted by molar-refractivity contribution is 5.03. The van der Waals surface area contributed by atoms with Crippen LogP contribution in [0.25, 0.3) is 0 Å². The summed E-state index contributed by atoms with van der Waals surface area (Å²) in [5.74, 6) is 0. The summed E-state index contributed by atoms with van der Waals surface area (Å²) in [5, 5.41) is 12.5. The van der Waals surface area contributed by atoms with Crippen molar-refractivity contribution in [3.8, 4) is 6.07 Å². The predicted octanol–water partition coefficient (Wildman–Crippen LogP) is 2.16. The summed E-state index contributed by atoms with van der Waals surface area (Å²) in [7, 11) is 0. The van der Waals surface area contributed by atoms with Crippen LogP contribution >= 0.6 is 0 Å². The van der Waals surface area contributed by atoms with Gasteiger partial charge in [0, 0.05) is 12.1 Å². The molecule has 1 aliphatic heterocycles. The first kappa shape index (κ1) is 16.4. The van der Waals surface area contributed by atoms with E-state index in [0.29, 0.717) is 0 Å². The maximum absolute atomic E-state index is 9.21. The molecule has 0 aliphatic carbocycles. The van der Waals surface area contributed by atoms with Crippen LogP contribution in [0.2, 0.25) is 0 Å². The standard InChI is InChI=1S/C15H29N3O/c1-5-17-15(4,12-16)8-6-7-9-18-10-11-19-13-14(18,2)3/h17H,5-11,13H2,1-4H3. The lowest BCUT2D eigenvalue weighted by Crippen LogP contribution is -2.53. The zero-order chi connectivity index (χ0) is 14.4. The smallest absolute Gasteiger partial charge is 0.103 e. The molecule has 1 atom stereocenters. The van der Waals surface area contributed by atoms with Gasteiger partial charge >= 0.3 is 0 Å². The molecule has 0 spiro atoms. The highest BCUT2D eigenvalue weighted by Crippen LogP contribution is 2.20. The van der Waals surface area contributed by atoms with Crippen LogP contribution in [0, 0.1) is 11.3 Å². The van der Waals surface area contributed by atoms with Gasteiger partial charge in [0.25, 0.3) is 0 Å². The number of nitrogens with one attached hydrogen (secondary N) is 1. The molecule has 0 aromatic heterocycles. The van der Waals surface area contributed by atoms with Crippen molar-refractivity contribution < 1.29 is 4.74 Å². The summed E-state index contributed by atoms with van der Waals surface area (Å²) in [6.45, 7) is 13.2. The first-order chi connectivity index (χ1) is 8.93. The number of ether oxygens (including phenoxy) is 1. The highest BCUT2D eigenvalue weighted by atomic mass is 16.5. The van der Waals surface area contributed by atoms with Crippen LogP contribution in [0.15, 0.2) is 0 Å². The predicted molar refractivity (Wildman–Crippen MR) is 78.0 cm³/mol. The molecule has 1 saturated heterocycles. The van der Waals surface area contributed by atoms with Gasteiger partial charge in [-0.2, -0.15) is 5.26 Å². The van der Waals surface area contributed by atoms with E-state index in [2.05, 4.69) is 30.1 Å². The molecule has 1 N–H and O–H groups in total. The van der Waals surface area contributed by atoms with Gasteiger partial charge in [-0.3, -0.25) is 10.2 Å². The van der Waals surface area contributed by atoms with Gasteiger partial charge in [0.05, 0.1) is 19.3 Å². The lowest BCUT2D eigenvalue weighted by Gasteiger charge is -2.42. The van der Waals surface area contributed by atoms with Crippen molar-refractivity contribution >= 4 is 0 Å². The molecule has 1 unspecified atom stereocenters. The fourth-order valence-electron chi connectivity index (χ4n) is 2.66. The number of nitriles is 1. The molecule has 1 heterocycles. The van der Waals surface area contributed by atoms with Crippen molar-refractivity contribution in [1.29, 1.82) is 5.26 Å². The molecule has 1 rings (SSSR count). The number of hydrogen-bond acceptors (Lipinski definition) is 4. The maximum atomic E-state index is 9.21. The number of rotatable bonds is 7. The van der Waals surface area contributed by atoms with Crippen LogP contribution < -0.4 is 5.32 Å². The van der Waals surface area contributed by atoms with E-state index in [0.717, 1.165) is 52.1 Å². The van der Waals surface area contributed by atoms with Crippen molar-refractivity contribution in [2.45, 2.75) is 58.0 Å². The molecule has 0 aromatic rings. The minimum Gasteiger partial charge on any atom is -0.378 e. The molecule has 0 amide bonds. The summed E-state index contributed by atoms with van der Waals surface area (Å²) >= 11 is 0. The molecular formula is C15H29N3O. The van der Waals surface area contributed by atoms with Crippen molar-refractivity contribution in [3.63, 3.8) is 0 Å². The third kappa shape index (κ3) is 5.10. The first-order valence-electron chi connectivity index (χ1n) is 7.42. The Bertz CT molecular complexity index is 311. The summed E-state index contributed by atoms with van der Waals surface area (Å²) in [6.07, 6.45) is 3.15. The van der Waals surface area contributed by atoms with Crippen LogP contribution in [0.1, 0.15) is 47.0 Å². The van der Waals surface area contributed by atoms with Gasteiger partial charge in [0.15, 0.2) is 0 Å². The fraction of sp³-hybridized carbons (Fsp3) is 0.933. The zero-order valence-electron chi connectivity index (χ0n) is 13.0. The second-order valence-electron chi connectivity index (χ2n) is 6.28. The van der Waals surface area contributed by atoms with Gasteiger partial charge in [-0.05, 0) is 53.1 Å². The van der Waals surface area contributed by atoms with Crippen LogP contribution in [-0.4, -0.2) is 48.8 Å². The molecule has 19 heavy (non-hydrogen) atoms. The zero-order valence-corrected chi connectivity index (χ0v) is 13.0. The van der Waals surface area contributed by atoms with E-state index < -0.39 is 0 Å². The Labute approximate surface area is 118 Å². The van der Waals surface area contributed by atoms with E-state index in [1.54, 1.807) is 0 Å². The average Bonchev–Trinajstić information content (AvgIpc) is 2.36.